The first-order chi connectivity index (χ1) is 12.7. The SMILES string of the molecule is Fc1ccc(CNc2nc(OC3CCOC3)c3cc(Br)ccc3n2)cc1. The Hall–Kier alpha value is -2.25. The standard InChI is InChI=1S/C19H17BrFN3O2/c20-13-3-6-17-16(9-13)18(26-15-7-8-25-11-15)24-19(23-17)22-10-12-1-4-14(21)5-2-12/h1-6,9,15H,7-8,10-11H2,(H,22,23,24). The number of benzene rings is 2. The first-order valence-electron chi connectivity index (χ1n) is 8.37. The van der Waals surface area contributed by atoms with Crippen molar-refractivity contribution in [2.75, 3.05) is 18.5 Å². The molecule has 26 heavy (non-hydrogen) atoms. The zero-order valence-corrected chi connectivity index (χ0v) is 15.5. The number of anilines is 1. The highest BCUT2D eigenvalue weighted by molar-refractivity contribution is 9.10. The summed E-state index contributed by atoms with van der Waals surface area (Å²) in [6.45, 7) is 1.76. The van der Waals surface area contributed by atoms with Gasteiger partial charge in [-0.3, -0.25) is 0 Å². The third-order valence-electron chi connectivity index (χ3n) is 4.15. The second kappa shape index (κ2) is 7.55. The first-order valence-corrected chi connectivity index (χ1v) is 9.17. The second-order valence-corrected chi connectivity index (χ2v) is 7.01. The molecule has 4 rings (SSSR count). The molecule has 2 heterocycles. The van der Waals surface area contributed by atoms with Gasteiger partial charge in [-0.05, 0) is 35.9 Å². The molecule has 1 saturated heterocycles. The van der Waals surface area contributed by atoms with Crippen molar-refractivity contribution in [2.45, 2.75) is 19.1 Å². The fourth-order valence-electron chi connectivity index (χ4n) is 2.79. The van der Waals surface area contributed by atoms with Crippen LogP contribution in [0.4, 0.5) is 10.3 Å². The molecule has 7 heteroatoms. The Morgan fingerprint density at radius 1 is 1.19 bits per heavy atom. The van der Waals surface area contributed by atoms with Gasteiger partial charge in [-0.2, -0.15) is 4.98 Å². The number of fused-ring (bicyclic) bond motifs is 1. The van der Waals surface area contributed by atoms with E-state index in [4.69, 9.17) is 9.47 Å². The molecule has 1 fully saturated rings. The zero-order valence-electron chi connectivity index (χ0n) is 13.9. The molecule has 3 aromatic rings. The summed E-state index contributed by atoms with van der Waals surface area (Å²) in [6, 6.07) is 12.1. The van der Waals surface area contributed by atoms with Crippen molar-refractivity contribution in [2.24, 2.45) is 0 Å². The molecular formula is C19H17BrFN3O2. The first kappa shape index (κ1) is 17.2. The van der Waals surface area contributed by atoms with Gasteiger partial charge in [0.05, 0.1) is 24.1 Å². The third kappa shape index (κ3) is 3.94. The number of aromatic nitrogens is 2. The summed E-state index contributed by atoms with van der Waals surface area (Å²) in [7, 11) is 0. The van der Waals surface area contributed by atoms with E-state index in [-0.39, 0.29) is 11.9 Å². The van der Waals surface area contributed by atoms with Gasteiger partial charge in [0.15, 0.2) is 0 Å². The molecule has 1 atom stereocenters. The number of rotatable bonds is 5. The number of hydrogen-bond acceptors (Lipinski definition) is 5. The van der Waals surface area contributed by atoms with Crippen molar-refractivity contribution in [3.63, 3.8) is 0 Å². The van der Waals surface area contributed by atoms with E-state index >= 15 is 0 Å². The molecular weight excluding hydrogens is 401 g/mol. The lowest BCUT2D eigenvalue weighted by atomic mass is 10.2. The van der Waals surface area contributed by atoms with Crippen LogP contribution in [0, 0.1) is 5.82 Å². The number of ether oxygens (including phenoxy) is 2. The van der Waals surface area contributed by atoms with Crippen molar-refractivity contribution in [1.82, 2.24) is 9.97 Å². The van der Waals surface area contributed by atoms with Gasteiger partial charge in [-0.25, -0.2) is 9.37 Å². The smallest absolute Gasteiger partial charge is 0.226 e. The highest BCUT2D eigenvalue weighted by atomic mass is 79.9. The lowest BCUT2D eigenvalue weighted by Gasteiger charge is -2.15. The van der Waals surface area contributed by atoms with Crippen LogP contribution in [0.15, 0.2) is 46.9 Å². The number of nitrogens with zero attached hydrogens (tertiary/aromatic N) is 2. The summed E-state index contributed by atoms with van der Waals surface area (Å²) in [5.41, 5.74) is 1.73. The Morgan fingerprint density at radius 3 is 2.81 bits per heavy atom. The molecule has 1 aliphatic rings. The molecule has 2 aromatic carbocycles. The fourth-order valence-corrected chi connectivity index (χ4v) is 3.15. The van der Waals surface area contributed by atoms with E-state index in [1.54, 1.807) is 12.1 Å². The van der Waals surface area contributed by atoms with Crippen molar-refractivity contribution in [1.29, 1.82) is 0 Å². The Morgan fingerprint density at radius 2 is 2.04 bits per heavy atom. The molecule has 0 amide bonds. The van der Waals surface area contributed by atoms with Gasteiger partial charge < -0.3 is 14.8 Å². The van der Waals surface area contributed by atoms with Gasteiger partial charge in [0, 0.05) is 17.4 Å². The topological polar surface area (TPSA) is 56.3 Å². The predicted molar refractivity (Wildman–Crippen MR) is 101 cm³/mol. The normalized spacial score (nSPS) is 16.8. The maximum Gasteiger partial charge on any atom is 0.226 e. The maximum atomic E-state index is 13.0. The summed E-state index contributed by atoms with van der Waals surface area (Å²) in [5.74, 6) is 0.752. The van der Waals surface area contributed by atoms with E-state index in [2.05, 4.69) is 31.2 Å². The van der Waals surface area contributed by atoms with Crippen LogP contribution in [0.2, 0.25) is 0 Å². The number of nitrogens with one attached hydrogen (secondary N) is 1. The Labute approximate surface area is 158 Å². The second-order valence-electron chi connectivity index (χ2n) is 6.10. The molecule has 1 unspecified atom stereocenters. The van der Waals surface area contributed by atoms with Crippen LogP contribution in [0.25, 0.3) is 10.9 Å². The predicted octanol–water partition coefficient (Wildman–Crippen LogP) is 4.31. The highest BCUT2D eigenvalue weighted by Crippen LogP contribution is 2.29. The largest absolute Gasteiger partial charge is 0.471 e. The van der Waals surface area contributed by atoms with E-state index in [1.165, 1.54) is 12.1 Å². The Bertz CT molecular complexity index is 915. The quantitative estimate of drug-likeness (QED) is 0.669. The molecule has 0 bridgehead atoms. The summed E-state index contributed by atoms with van der Waals surface area (Å²) in [4.78, 5) is 9.10. The van der Waals surface area contributed by atoms with E-state index < -0.39 is 0 Å². The lowest BCUT2D eigenvalue weighted by molar-refractivity contribution is 0.139. The van der Waals surface area contributed by atoms with E-state index in [1.807, 2.05) is 18.2 Å². The minimum Gasteiger partial charge on any atom is -0.471 e. The van der Waals surface area contributed by atoms with Crippen LogP contribution in [0.3, 0.4) is 0 Å². The maximum absolute atomic E-state index is 13.0. The van der Waals surface area contributed by atoms with Gasteiger partial charge in [0.1, 0.15) is 11.9 Å². The van der Waals surface area contributed by atoms with Crippen LogP contribution in [0.1, 0.15) is 12.0 Å². The third-order valence-corrected chi connectivity index (χ3v) is 4.65. The average Bonchev–Trinajstić information content (AvgIpc) is 3.15. The van der Waals surface area contributed by atoms with E-state index in [0.717, 1.165) is 27.4 Å². The molecule has 134 valence electrons. The molecule has 1 N–H and O–H groups in total. The highest BCUT2D eigenvalue weighted by Gasteiger charge is 2.20. The van der Waals surface area contributed by atoms with Crippen LogP contribution in [-0.4, -0.2) is 29.3 Å². The van der Waals surface area contributed by atoms with Crippen LogP contribution < -0.4 is 10.1 Å². The summed E-state index contributed by atoms with van der Waals surface area (Å²) >= 11 is 3.48. The van der Waals surface area contributed by atoms with Gasteiger partial charge >= 0.3 is 0 Å². The fraction of sp³-hybridized carbons (Fsp3) is 0.263. The van der Waals surface area contributed by atoms with Gasteiger partial charge in [-0.15, -0.1) is 0 Å². The van der Waals surface area contributed by atoms with Gasteiger partial charge in [0.2, 0.25) is 11.8 Å². The van der Waals surface area contributed by atoms with Crippen molar-refractivity contribution in [3.05, 3.63) is 58.3 Å². The Balaban J connectivity index is 1.61. The molecule has 1 aliphatic heterocycles. The summed E-state index contributed by atoms with van der Waals surface area (Å²) < 4.78 is 25.4. The Kier molecular flexibility index (Phi) is 4.99. The summed E-state index contributed by atoms with van der Waals surface area (Å²) in [6.07, 6.45) is 0.842. The van der Waals surface area contributed by atoms with Crippen LogP contribution >= 0.6 is 15.9 Å². The molecule has 0 radical (unpaired) electrons. The monoisotopic (exact) mass is 417 g/mol. The van der Waals surface area contributed by atoms with Crippen molar-refractivity contribution >= 4 is 32.8 Å². The van der Waals surface area contributed by atoms with Gasteiger partial charge in [-0.1, -0.05) is 28.1 Å². The average molecular weight is 418 g/mol. The number of hydrogen-bond donors (Lipinski definition) is 1. The number of halogens is 2. The molecule has 0 saturated carbocycles. The minimum absolute atomic E-state index is 0.00275. The lowest BCUT2D eigenvalue weighted by Crippen LogP contribution is -2.17. The zero-order chi connectivity index (χ0) is 17.9. The minimum atomic E-state index is -0.254. The van der Waals surface area contributed by atoms with Crippen molar-refractivity contribution in [3.8, 4) is 5.88 Å². The molecule has 0 spiro atoms. The van der Waals surface area contributed by atoms with Crippen LogP contribution in [0.5, 0.6) is 5.88 Å². The molecule has 5 nitrogen and oxygen atoms in total. The van der Waals surface area contributed by atoms with Crippen LogP contribution in [-0.2, 0) is 11.3 Å². The van der Waals surface area contributed by atoms with E-state index in [9.17, 15) is 4.39 Å². The molecule has 1 aromatic heterocycles. The van der Waals surface area contributed by atoms with E-state index in [0.29, 0.717) is 31.6 Å². The van der Waals surface area contributed by atoms with Crippen molar-refractivity contribution < 1.29 is 13.9 Å². The molecule has 0 aliphatic carbocycles. The van der Waals surface area contributed by atoms with Gasteiger partial charge in [0.25, 0.3) is 0 Å². The summed E-state index contributed by atoms with van der Waals surface area (Å²) in [5, 5.41) is 4.03.